The van der Waals surface area contributed by atoms with Crippen LogP contribution in [-0.2, 0) is 15.6 Å². The van der Waals surface area contributed by atoms with Gasteiger partial charge in [-0.25, -0.2) is 0 Å². The maximum Gasteiger partial charge on any atom is 0.235 e. The molecule has 1 amide bonds. The predicted molar refractivity (Wildman–Crippen MR) is 80.9 cm³/mol. The molecule has 20 heavy (non-hydrogen) atoms. The van der Waals surface area contributed by atoms with Gasteiger partial charge in [0.25, 0.3) is 0 Å². The summed E-state index contributed by atoms with van der Waals surface area (Å²) in [6, 6.07) is 5.42. The second kappa shape index (κ2) is 6.37. The molecule has 0 aromatic heterocycles. The van der Waals surface area contributed by atoms with Gasteiger partial charge in [-0.3, -0.25) is 9.00 Å². The lowest BCUT2D eigenvalue weighted by Gasteiger charge is -2.32. The first-order valence-electron chi connectivity index (χ1n) is 6.69. The third-order valence-electron chi connectivity index (χ3n) is 3.64. The van der Waals surface area contributed by atoms with Gasteiger partial charge in [-0.2, -0.15) is 0 Å². The van der Waals surface area contributed by atoms with Crippen LogP contribution in [0.25, 0.3) is 0 Å². The van der Waals surface area contributed by atoms with Gasteiger partial charge < -0.3 is 15.5 Å². The third kappa shape index (κ3) is 3.37. The number of carbonyl (C=O) groups is 1. The van der Waals surface area contributed by atoms with Crippen LogP contribution in [0.2, 0.25) is 0 Å². The number of rotatable bonds is 3. The normalized spacial score (nSPS) is 18.0. The number of anilines is 1. The zero-order valence-corrected chi connectivity index (χ0v) is 12.8. The molecule has 110 valence electrons. The Hall–Kier alpha value is -1.40. The molecule has 6 heteroatoms. The van der Waals surface area contributed by atoms with Crippen molar-refractivity contribution in [1.29, 1.82) is 0 Å². The van der Waals surface area contributed by atoms with E-state index in [1.54, 1.807) is 11.0 Å². The fraction of sp³-hybridized carbons (Fsp3) is 0.500. The van der Waals surface area contributed by atoms with E-state index in [1.165, 1.54) is 0 Å². The molecule has 1 fully saturated rings. The molecule has 2 N–H and O–H groups in total. The van der Waals surface area contributed by atoms with Crippen molar-refractivity contribution in [1.82, 2.24) is 9.80 Å². The lowest BCUT2D eigenvalue weighted by Crippen LogP contribution is -2.48. The average Bonchev–Trinajstić information content (AvgIpc) is 2.42. The minimum Gasteiger partial charge on any atom is -0.398 e. The number of nitrogens with two attached hydrogens (primary N) is 1. The number of aryl methyl sites for hydroxylation is 1. The number of nitrogens with zero attached hydrogens (tertiary/aromatic N) is 2. The first-order valence-corrected chi connectivity index (χ1v) is 8.00. The highest BCUT2D eigenvalue weighted by atomic mass is 32.2. The van der Waals surface area contributed by atoms with Crippen molar-refractivity contribution in [3.8, 4) is 0 Å². The highest BCUT2D eigenvalue weighted by Gasteiger charge is 2.22. The number of hydrogen-bond donors (Lipinski definition) is 1. The van der Waals surface area contributed by atoms with Crippen molar-refractivity contribution in [3.63, 3.8) is 0 Å². The molecule has 1 heterocycles. The van der Waals surface area contributed by atoms with E-state index < -0.39 is 10.8 Å². The molecule has 2 rings (SSSR count). The minimum atomic E-state index is -1.38. The van der Waals surface area contributed by atoms with Crippen molar-refractivity contribution >= 4 is 22.4 Å². The van der Waals surface area contributed by atoms with Gasteiger partial charge in [0.15, 0.2) is 0 Å². The zero-order chi connectivity index (χ0) is 14.7. The second-order valence-electron chi connectivity index (χ2n) is 5.16. The number of para-hydroxylation sites is 1. The van der Waals surface area contributed by atoms with Crippen molar-refractivity contribution in [2.75, 3.05) is 44.7 Å². The summed E-state index contributed by atoms with van der Waals surface area (Å²) in [6.07, 6.45) is 0. The highest BCUT2D eigenvalue weighted by molar-refractivity contribution is 7.86. The van der Waals surface area contributed by atoms with Gasteiger partial charge in [-0.15, -0.1) is 0 Å². The van der Waals surface area contributed by atoms with Crippen LogP contribution in [0.15, 0.2) is 23.1 Å². The number of hydrogen-bond acceptors (Lipinski definition) is 4. The standard InChI is InChI=1S/C14H21N3O2S/c1-11-4-3-5-12(14(11)15)20(19)10-13(18)17-8-6-16(2)7-9-17/h3-5H,6-10,15H2,1-2H3. The SMILES string of the molecule is Cc1cccc(S(=O)CC(=O)N2CCN(C)CC2)c1N. The van der Waals surface area contributed by atoms with Crippen LogP contribution in [-0.4, -0.2) is 58.9 Å². The van der Waals surface area contributed by atoms with Crippen LogP contribution in [0.5, 0.6) is 0 Å². The molecule has 1 atom stereocenters. The summed E-state index contributed by atoms with van der Waals surface area (Å²) in [5, 5.41) is 0. The molecule has 0 radical (unpaired) electrons. The van der Waals surface area contributed by atoms with Crippen LogP contribution in [0.1, 0.15) is 5.56 Å². The van der Waals surface area contributed by atoms with Crippen LogP contribution < -0.4 is 5.73 Å². The maximum absolute atomic E-state index is 12.3. The molecule has 1 saturated heterocycles. The van der Waals surface area contributed by atoms with Crippen molar-refractivity contribution in [2.45, 2.75) is 11.8 Å². The van der Waals surface area contributed by atoms with E-state index >= 15 is 0 Å². The number of benzene rings is 1. The lowest BCUT2D eigenvalue weighted by molar-refractivity contribution is -0.129. The first kappa shape index (κ1) is 15.0. The molecular formula is C14H21N3O2S. The van der Waals surface area contributed by atoms with E-state index in [0.717, 1.165) is 18.7 Å². The Morgan fingerprint density at radius 3 is 2.60 bits per heavy atom. The molecule has 0 aliphatic carbocycles. The predicted octanol–water partition coefficient (Wildman–Crippen LogP) is 0.459. The largest absolute Gasteiger partial charge is 0.398 e. The molecule has 1 aromatic carbocycles. The van der Waals surface area contributed by atoms with E-state index in [4.69, 9.17) is 5.73 Å². The Kier molecular flexibility index (Phi) is 4.77. The van der Waals surface area contributed by atoms with Gasteiger partial charge in [-0.05, 0) is 25.6 Å². The van der Waals surface area contributed by atoms with E-state index in [1.807, 2.05) is 26.1 Å². The first-order chi connectivity index (χ1) is 9.49. The summed E-state index contributed by atoms with van der Waals surface area (Å²) in [5.74, 6) is -0.0467. The Balaban J connectivity index is 2.01. The van der Waals surface area contributed by atoms with Gasteiger partial charge >= 0.3 is 0 Å². The van der Waals surface area contributed by atoms with Crippen LogP contribution in [0.3, 0.4) is 0 Å². The van der Waals surface area contributed by atoms with E-state index in [2.05, 4.69) is 4.90 Å². The van der Waals surface area contributed by atoms with Gasteiger partial charge in [0.05, 0.1) is 21.4 Å². The van der Waals surface area contributed by atoms with Gasteiger partial charge in [0, 0.05) is 26.2 Å². The summed E-state index contributed by atoms with van der Waals surface area (Å²) in [7, 11) is 0.660. The van der Waals surface area contributed by atoms with E-state index in [9.17, 15) is 9.00 Å². The zero-order valence-electron chi connectivity index (χ0n) is 12.0. The van der Waals surface area contributed by atoms with Crippen LogP contribution >= 0.6 is 0 Å². The van der Waals surface area contributed by atoms with Crippen molar-refractivity contribution < 1.29 is 9.00 Å². The average molecular weight is 295 g/mol. The second-order valence-corrected chi connectivity index (χ2v) is 6.58. The summed E-state index contributed by atoms with van der Waals surface area (Å²) < 4.78 is 12.3. The fourth-order valence-corrected chi connectivity index (χ4v) is 3.39. The Bertz CT molecular complexity index is 525. The van der Waals surface area contributed by atoms with Crippen molar-refractivity contribution in [3.05, 3.63) is 23.8 Å². The molecule has 0 saturated carbocycles. The Morgan fingerprint density at radius 2 is 1.95 bits per heavy atom. The van der Waals surface area contributed by atoms with E-state index in [0.29, 0.717) is 23.7 Å². The van der Waals surface area contributed by atoms with Crippen molar-refractivity contribution in [2.24, 2.45) is 0 Å². The van der Waals surface area contributed by atoms with Crippen LogP contribution in [0, 0.1) is 6.92 Å². The Labute approximate surface area is 122 Å². The molecule has 0 bridgehead atoms. The Morgan fingerprint density at radius 1 is 1.30 bits per heavy atom. The molecule has 1 aliphatic rings. The van der Waals surface area contributed by atoms with Crippen LogP contribution in [0.4, 0.5) is 5.69 Å². The number of amides is 1. The van der Waals surface area contributed by atoms with E-state index in [-0.39, 0.29) is 11.7 Å². The number of carbonyl (C=O) groups excluding carboxylic acids is 1. The number of nitrogen functional groups attached to an aromatic ring is 1. The summed E-state index contributed by atoms with van der Waals surface area (Å²) in [5.41, 5.74) is 7.35. The summed E-state index contributed by atoms with van der Waals surface area (Å²) in [4.78, 5) is 16.7. The quantitative estimate of drug-likeness (QED) is 0.823. The maximum atomic E-state index is 12.3. The van der Waals surface area contributed by atoms with Gasteiger partial charge in [0.1, 0.15) is 5.75 Å². The number of likely N-dealkylation sites (N-methyl/N-ethyl adjacent to an activating group) is 1. The third-order valence-corrected chi connectivity index (χ3v) is 5.00. The molecule has 0 spiro atoms. The van der Waals surface area contributed by atoms with Gasteiger partial charge in [0.2, 0.25) is 5.91 Å². The molecule has 1 aliphatic heterocycles. The fourth-order valence-electron chi connectivity index (χ4n) is 2.19. The molecule has 1 unspecified atom stereocenters. The molecular weight excluding hydrogens is 274 g/mol. The highest BCUT2D eigenvalue weighted by Crippen LogP contribution is 2.20. The number of piperazine rings is 1. The minimum absolute atomic E-state index is 0.0113. The van der Waals surface area contributed by atoms with Gasteiger partial charge in [-0.1, -0.05) is 12.1 Å². The topological polar surface area (TPSA) is 66.6 Å². The smallest absolute Gasteiger partial charge is 0.235 e. The molecule has 5 nitrogen and oxygen atoms in total. The molecule has 1 aromatic rings. The monoisotopic (exact) mass is 295 g/mol. The summed E-state index contributed by atoms with van der Waals surface area (Å²) >= 11 is 0. The summed E-state index contributed by atoms with van der Waals surface area (Å²) in [6.45, 7) is 5.01. The lowest BCUT2D eigenvalue weighted by atomic mass is 10.2.